The maximum atomic E-state index is 10.9. The molecule has 0 bridgehead atoms. The van der Waals surface area contributed by atoms with Gasteiger partial charge in [0.2, 0.25) is 0 Å². The number of hydrogen-bond donors (Lipinski definition) is 1. The standard InChI is InChI=1S/C13H18O2/c1-3-11(13(14)15)9-10(2)12-7-5-4-6-8-12/h4-8,10-11H,3,9H2,1-2H3,(H,14,15). The Morgan fingerprint density at radius 3 is 2.40 bits per heavy atom. The van der Waals surface area contributed by atoms with Crippen molar-refractivity contribution < 1.29 is 9.90 Å². The summed E-state index contributed by atoms with van der Waals surface area (Å²) in [5.41, 5.74) is 1.22. The topological polar surface area (TPSA) is 37.3 Å². The van der Waals surface area contributed by atoms with E-state index in [-0.39, 0.29) is 5.92 Å². The first-order chi connectivity index (χ1) is 7.15. The van der Waals surface area contributed by atoms with E-state index in [4.69, 9.17) is 5.11 Å². The summed E-state index contributed by atoms with van der Waals surface area (Å²) in [6.45, 7) is 4.01. The van der Waals surface area contributed by atoms with Gasteiger partial charge in [0.1, 0.15) is 0 Å². The number of carbonyl (C=O) groups is 1. The molecule has 1 aromatic rings. The van der Waals surface area contributed by atoms with Gasteiger partial charge >= 0.3 is 5.97 Å². The van der Waals surface area contributed by atoms with Gasteiger partial charge in [0, 0.05) is 0 Å². The van der Waals surface area contributed by atoms with Crippen molar-refractivity contribution in [2.75, 3.05) is 0 Å². The van der Waals surface area contributed by atoms with Gasteiger partial charge in [0.25, 0.3) is 0 Å². The predicted molar refractivity (Wildman–Crippen MR) is 60.9 cm³/mol. The van der Waals surface area contributed by atoms with Crippen molar-refractivity contribution in [1.29, 1.82) is 0 Å². The van der Waals surface area contributed by atoms with Crippen LogP contribution in [0.25, 0.3) is 0 Å². The van der Waals surface area contributed by atoms with Crippen molar-refractivity contribution in [3.8, 4) is 0 Å². The van der Waals surface area contributed by atoms with E-state index < -0.39 is 5.97 Å². The van der Waals surface area contributed by atoms with Gasteiger partial charge in [0.15, 0.2) is 0 Å². The van der Waals surface area contributed by atoms with Crippen LogP contribution in [0.15, 0.2) is 30.3 Å². The molecule has 0 aliphatic rings. The minimum Gasteiger partial charge on any atom is -0.481 e. The second-order valence-corrected chi connectivity index (χ2v) is 3.99. The number of carboxylic acid groups (broad SMARTS) is 1. The Morgan fingerprint density at radius 2 is 1.93 bits per heavy atom. The molecule has 0 radical (unpaired) electrons. The molecule has 0 fully saturated rings. The molecule has 2 heteroatoms. The normalized spacial score (nSPS) is 14.5. The molecular weight excluding hydrogens is 188 g/mol. The maximum absolute atomic E-state index is 10.9. The summed E-state index contributed by atoms with van der Waals surface area (Å²) in [6, 6.07) is 10.1. The van der Waals surface area contributed by atoms with E-state index in [1.165, 1.54) is 5.56 Å². The number of carboxylic acids is 1. The monoisotopic (exact) mass is 206 g/mol. The molecule has 0 amide bonds. The van der Waals surface area contributed by atoms with Crippen LogP contribution in [0, 0.1) is 5.92 Å². The Hall–Kier alpha value is -1.31. The van der Waals surface area contributed by atoms with E-state index >= 15 is 0 Å². The molecule has 0 saturated heterocycles. The third-order valence-electron chi connectivity index (χ3n) is 2.85. The first-order valence-corrected chi connectivity index (χ1v) is 5.42. The molecular formula is C13H18O2. The van der Waals surface area contributed by atoms with Crippen LogP contribution in [0.1, 0.15) is 38.2 Å². The van der Waals surface area contributed by atoms with Gasteiger partial charge in [-0.2, -0.15) is 0 Å². The smallest absolute Gasteiger partial charge is 0.306 e. The molecule has 0 heterocycles. The van der Waals surface area contributed by atoms with Gasteiger partial charge < -0.3 is 5.11 Å². The zero-order chi connectivity index (χ0) is 11.3. The van der Waals surface area contributed by atoms with Crippen LogP contribution in [0.5, 0.6) is 0 Å². The van der Waals surface area contributed by atoms with Gasteiger partial charge in [0.05, 0.1) is 5.92 Å². The van der Waals surface area contributed by atoms with Crippen molar-refractivity contribution in [3.05, 3.63) is 35.9 Å². The van der Waals surface area contributed by atoms with Crippen molar-refractivity contribution in [2.24, 2.45) is 5.92 Å². The highest BCUT2D eigenvalue weighted by Crippen LogP contribution is 2.24. The van der Waals surface area contributed by atoms with E-state index in [0.717, 1.165) is 6.42 Å². The molecule has 82 valence electrons. The SMILES string of the molecule is CCC(CC(C)c1ccccc1)C(=O)O. The van der Waals surface area contributed by atoms with Crippen LogP contribution in [0.4, 0.5) is 0 Å². The molecule has 2 atom stereocenters. The molecule has 0 spiro atoms. The van der Waals surface area contributed by atoms with Gasteiger partial charge in [-0.15, -0.1) is 0 Å². The van der Waals surface area contributed by atoms with Crippen LogP contribution < -0.4 is 0 Å². The van der Waals surface area contributed by atoms with Gasteiger partial charge in [-0.1, -0.05) is 44.2 Å². The van der Waals surface area contributed by atoms with Crippen molar-refractivity contribution in [1.82, 2.24) is 0 Å². The minimum atomic E-state index is -0.680. The molecule has 2 nitrogen and oxygen atoms in total. The number of rotatable bonds is 5. The van der Waals surface area contributed by atoms with Crippen molar-refractivity contribution in [3.63, 3.8) is 0 Å². The number of aliphatic carboxylic acids is 1. The van der Waals surface area contributed by atoms with Gasteiger partial charge in [-0.3, -0.25) is 4.79 Å². The average Bonchev–Trinajstić information content (AvgIpc) is 2.26. The molecule has 0 aliphatic heterocycles. The summed E-state index contributed by atoms with van der Waals surface area (Å²) >= 11 is 0. The second-order valence-electron chi connectivity index (χ2n) is 3.99. The Labute approximate surface area is 90.9 Å². The van der Waals surface area contributed by atoms with E-state index in [1.54, 1.807) is 0 Å². The number of benzene rings is 1. The third-order valence-corrected chi connectivity index (χ3v) is 2.85. The summed E-state index contributed by atoms with van der Waals surface area (Å²) in [4.78, 5) is 10.9. The fourth-order valence-corrected chi connectivity index (χ4v) is 1.79. The summed E-state index contributed by atoms with van der Waals surface area (Å²) < 4.78 is 0. The summed E-state index contributed by atoms with van der Waals surface area (Å²) in [5.74, 6) is -0.590. The van der Waals surface area contributed by atoms with Crippen molar-refractivity contribution in [2.45, 2.75) is 32.6 Å². The molecule has 2 unspecified atom stereocenters. The molecule has 1 N–H and O–H groups in total. The zero-order valence-electron chi connectivity index (χ0n) is 9.31. The largest absolute Gasteiger partial charge is 0.481 e. The highest BCUT2D eigenvalue weighted by Gasteiger charge is 2.18. The van der Waals surface area contributed by atoms with Crippen LogP contribution >= 0.6 is 0 Å². The lowest BCUT2D eigenvalue weighted by atomic mass is 9.89. The fraction of sp³-hybridized carbons (Fsp3) is 0.462. The van der Waals surface area contributed by atoms with E-state index in [2.05, 4.69) is 19.1 Å². The van der Waals surface area contributed by atoms with Crippen LogP contribution in [-0.2, 0) is 4.79 Å². The Morgan fingerprint density at radius 1 is 1.33 bits per heavy atom. The third kappa shape index (κ3) is 3.39. The van der Waals surface area contributed by atoms with E-state index in [1.807, 2.05) is 25.1 Å². The van der Waals surface area contributed by atoms with Gasteiger partial charge in [-0.05, 0) is 24.3 Å². The summed E-state index contributed by atoms with van der Waals surface area (Å²) in [6.07, 6.45) is 1.42. The van der Waals surface area contributed by atoms with Crippen molar-refractivity contribution >= 4 is 5.97 Å². The quantitative estimate of drug-likeness (QED) is 0.802. The lowest BCUT2D eigenvalue weighted by Crippen LogP contribution is -2.15. The Balaban J connectivity index is 2.62. The van der Waals surface area contributed by atoms with Crippen LogP contribution in [0.3, 0.4) is 0 Å². The average molecular weight is 206 g/mol. The lowest BCUT2D eigenvalue weighted by molar-refractivity contribution is -0.142. The highest BCUT2D eigenvalue weighted by molar-refractivity contribution is 5.69. The lowest BCUT2D eigenvalue weighted by Gasteiger charge is -2.16. The summed E-state index contributed by atoms with van der Waals surface area (Å²) in [7, 11) is 0. The maximum Gasteiger partial charge on any atom is 0.306 e. The molecule has 15 heavy (non-hydrogen) atoms. The molecule has 0 aromatic heterocycles. The van der Waals surface area contributed by atoms with E-state index in [0.29, 0.717) is 12.3 Å². The molecule has 1 aromatic carbocycles. The van der Waals surface area contributed by atoms with Gasteiger partial charge in [-0.25, -0.2) is 0 Å². The fourth-order valence-electron chi connectivity index (χ4n) is 1.79. The first-order valence-electron chi connectivity index (χ1n) is 5.42. The van der Waals surface area contributed by atoms with Crippen LogP contribution in [-0.4, -0.2) is 11.1 Å². The Bertz CT molecular complexity index is 306. The highest BCUT2D eigenvalue weighted by atomic mass is 16.4. The van der Waals surface area contributed by atoms with E-state index in [9.17, 15) is 4.79 Å². The molecule has 0 saturated carbocycles. The predicted octanol–water partition coefficient (Wildman–Crippen LogP) is 3.29. The molecule has 0 aliphatic carbocycles. The first kappa shape index (κ1) is 11.8. The summed E-state index contributed by atoms with van der Waals surface area (Å²) in [5, 5.41) is 8.97. The van der Waals surface area contributed by atoms with Crippen LogP contribution in [0.2, 0.25) is 0 Å². The number of hydrogen-bond acceptors (Lipinski definition) is 1. The second kappa shape index (κ2) is 5.54. The molecule has 1 rings (SSSR count). The minimum absolute atomic E-state index is 0.222. The Kier molecular flexibility index (Phi) is 4.35. The zero-order valence-corrected chi connectivity index (χ0v) is 9.31.